The number of aryl methyl sites for hydroxylation is 2. The fourth-order valence-electron chi connectivity index (χ4n) is 2.59. The predicted octanol–water partition coefficient (Wildman–Crippen LogP) is 0.529. The lowest BCUT2D eigenvalue weighted by Crippen LogP contribution is -2.44. The van der Waals surface area contributed by atoms with Gasteiger partial charge in [-0.3, -0.25) is 4.79 Å². The first-order valence-electron chi connectivity index (χ1n) is 7.03. The molecule has 1 aliphatic heterocycles. The van der Waals surface area contributed by atoms with Crippen molar-refractivity contribution in [1.29, 1.82) is 0 Å². The molecule has 20 heavy (non-hydrogen) atoms. The number of anilines is 1. The Morgan fingerprint density at radius 3 is 2.80 bits per heavy atom. The van der Waals surface area contributed by atoms with Crippen LogP contribution in [-0.2, 0) is 6.54 Å². The molecule has 0 bridgehead atoms. The third kappa shape index (κ3) is 2.16. The van der Waals surface area contributed by atoms with E-state index in [-0.39, 0.29) is 5.56 Å². The van der Waals surface area contributed by atoms with E-state index in [2.05, 4.69) is 20.2 Å². The topological polar surface area (TPSA) is 63.1 Å². The SMILES string of the molecule is CCn1cc(C)c2nc(N3CCNCC3)ncc2c1=O. The second-order valence-corrected chi connectivity index (χ2v) is 5.07. The van der Waals surface area contributed by atoms with E-state index >= 15 is 0 Å². The van der Waals surface area contributed by atoms with Gasteiger partial charge in [-0.15, -0.1) is 0 Å². The summed E-state index contributed by atoms with van der Waals surface area (Å²) in [5, 5.41) is 3.91. The Bertz CT molecular complexity index is 688. The van der Waals surface area contributed by atoms with Crippen LogP contribution in [-0.4, -0.2) is 40.7 Å². The predicted molar refractivity (Wildman–Crippen MR) is 79.3 cm³/mol. The van der Waals surface area contributed by atoms with Crippen molar-refractivity contribution in [3.05, 3.63) is 28.3 Å². The molecule has 2 aromatic rings. The molecule has 2 aromatic heterocycles. The van der Waals surface area contributed by atoms with Crippen molar-refractivity contribution in [2.75, 3.05) is 31.1 Å². The lowest BCUT2D eigenvalue weighted by Gasteiger charge is -2.27. The van der Waals surface area contributed by atoms with Crippen LogP contribution in [0.3, 0.4) is 0 Å². The van der Waals surface area contributed by atoms with Crippen LogP contribution >= 0.6 is 0 Å². The van der Waals surface area contributed by atoms with Crippen LogP contribution in [0, 0.1) is 6.92 Å². The molecule has 0 atom stereocenters. The van der Waals surface area contributed by atoms with Gasteiger partial charge in [0.05, 0.1) is 10.9 Å². The molecular weight excluding hydrogens is 254 g/mol. The monoisotopic (exact) mass is 273 g/mol. The van der Waals surface area contributed by atoms with Crippen molar-refractivity contribution >= 4 is 16.9 Å². The van der Waals surface area contributed by atoms with Gasteiger partial charge in [0.15, 0.2) is 0 Å². The van der Waals surface area contributed by atoms with Gasteiger partial charge in [-0.25, -0.2) is 9.97 Å². The van der Waals surface area contributed by atoms with E-state index in [0.717, 1.165) is 43.2 Å². The number of pyridine rings is 1. The van der Waals surface area contributed by atoms with Crippen molar-refractivity contribution in [2.24, 2.45) is 0 Å². The number of fused-ring (bicyclic) bond motifs is 1. The maximum Gasteiger partial charge on any atom is 0.261 e. The average Bonchev–Trinajstić information content (AvgIpc) is 2.51. The molecule has 0 spiro atoms. The molecule has 3 heterocycles. The molecule has 6 nitrogen and oxygen atoms in total. The van der Waals surface area contributed by atoms with Gasteiger partial charge in [-0.05, 0) is 19.4 Å². The van der Waals surface area contributed by atoms with E-state index in [1.807, 2.05) is 20.0 Å². The first-order valence-corrected chi connectivity index (χ1v) is 7.03. The maximum absolute atomic E-state index is 12.3. The molecule has 0 amide bonds. The lowest BCUT2D eigenvalue weighted by atomic mass is 10.2. The van der Waals surface area contributed by atoms with Gasteiger partial charge in [0, 0.05) is 45.1 Å². The summed E-state index contributed by atoms with van der Waals surface area (Å²) in [6.45, 7) is 8.29. The molecule has 6 heteroatoms. The molecule has 106 valence electrons. The molecule has 0 aliphatic carbocycles. The number of nitrogens with one attached hydrogen (secondary N) is 1. The zero-order chi connectivity index (χ0) is 14.1. The summed E-state index contributed by atoms with van der Waals surface area (Å²) in [6.07, 6.45) is 3.54. The van der Waals surface area contributed by atoms with Crippen LogP contribution in [0.5, 0.6) is 0 Å². The largest absolute Gasteiger partial charge is 0.338 e. The third-order valence-corrected chi connectivity index (χ3v) is 3.73. The highest BCUT2D eigenvalue weighted by atomic mass is 16.1. The Kier molecular flexibility index (Phi) is 3.40. The smallest absolute Gasteiger partial charge is 0.261 e. The summed E-state index contributed by atoms with van der Waals surface area (Å²) < 4.78 is 1.70. The third-order valence-electron chi connectivity index (χ3n) is 3.73. The highest BCUT2D eigenvalue weighted by Crippen LogP contribution is 2.16. The zero-order valence-electron chi connectivity index (χ0n) is 11.9. The Morgan fingerprint density at radius 2 is 2.10 bits per heavy atom. The Labute approximate surface area is 117 Å². The van der Waals surface area contributed by atoms with Gasteiger partial charge in [-0.2, -0.15) is 0 Å². The van der Waals surface area contributed by atoms with Gasteiger partial charge < -0.3 is 14.8 Å². The minimum absolute atomic E-state index is 0.0139. The number of nitrogens with zero attached hydrogens (tertiary/aromatic N) is 4. The number of hydrogen-bond acceptors (Lipinski definition) is 5. The minimum Gasteiger partial charge on any atom is -0.338 e. The Morgan fingerprint density at radius 1 is 1.35 bits per heavy atom. The number of piperazine rings is 1. The van der Waals surface area contributed by atoms with Gasteiger partial charge in [0.2, 0.25) is 5.95 Å². The van der Waals surface area contributed by atoms with Gasteiger partial charge >= 0.3 is 0 Å². The van der Waals surface area contributed by atoms with Crippen molar-refractivity contribution in [1.82, 2.24) is 19.9 Å². The second kappa shape index (κ2) is 5.20. The van der Waals surface area contributed by atoms with Crippen molar-refractivity contribution < 1.29 is 0 Å². The zero-order valence-corrected chi connectivity index (χ0v) is 11.9. The number of aromatic nitrogens is 3. The standard InChI is InChI=1S/C14H19N5O/c1-3-18-9-10(2)12-11(13(18)20)8-16-14(17-12)19-6-4-15-5-7-19/h8-9,15H,3-7H2,1-2H3. The van der Waals surface area contributed by atoms with Gasteiger partial charge in [0.25, 0.3) is 5.56 Å². The van der Waals surface area contributed by atoms with Gasteiger partial charge in [0.1, 0.15) is 0 Å². The summed E-state index contributed by atoms with van der Waals surface area (Å²) >= 11 is 0. The Balaban J connectivity index is 2.11. The normalized spacial score (nSPS) is 15.8. The first kappa shape index (κ1) is 13.1. The van der Waals surface area contributed by atoms with Crippen LogP contribution in [0.4, 0.5) is 5.95 Å². The van der Waals surface area contributed by atoms with E-state index in [1.165, 1.54) is 0 Å². The van der Waals surface area contributed by atoms with Crippen LogP contribution < -0.4 is 15.8 Å². The van der Waals surface area contributed by atoms with E-state index in [0.29, 0.717) is 11.9 Å². The summed E-state index contributed by atoms with van der Waals surface area (Å²) in [4.78, 5) is 23.4. The van der Waals surface area contributed by atoms with Crippen LogP contribution in [0.15, 0.2) is 17.2 Å². The van der Waals surface area contributed by atoms with E-state index in [1.54, 1.807) is 10.8 Å². The quantitative estimate of drug-likeness (QED) is 0.865. The molecule has 1 saturated heterocycles. The Hall–Kier alpha value is -1.95. The minimum atomic E-state index is -0.0139. The van der Waals surface area contributed by atoms with Crippen LogP contribution in [0.25, 0.3) is 10.9 Å². The molecule has 1 aliphatic rings. The molecule has 1 N–H and O–H groups in total. The molecule has 0 unspecified atom stereocenters. The van der Waals surface area contributed by atoms with Crippen LogP contribution in [0.2, 0.25) is 0 Å². The van der Waals surface area contributed by atoms with Gasteiger partial charge in [-0.1, -0.05) is 0 Å². The molecule has 1 fully saturated rings. The number of rotatable bonds is 2. The fourth-order valence-corrected chi connectivity index (χ4v) is 2.59. The number of hydrogen-bond donors (Lipinski definition) is 1. The average molecular weight is 273 g/mol. The maximum atomic E-state index is 12.3. The highest BCUT2D eigenvalue weighted by Gasteiger charge is 2.15. The molecule has 0 radical (unpaired) electrons. The van der Waals surface area contributed by atoms with E-state index < -0.39 is 0 Å². The molecule has 3 rings (SSSR count). The second-order valence-electron chi connectivity index (χ2n) is 5.07. The van der Waals surface area contributed by atoms with E-state index in [4.69, 9.17) is 0 Å². The van der Waals surface area contributed by atoms with Crippen molar-refractivity contribution in [3.8, 4) is 0 Å². The van der Waals surface area contributed by atoms with Crippen molar-refractivity contribution in [2.45, 2.75) is 20.4 Å². The van der Waals surface area contributed by atoms with E-state index in [9.17, 15) is 4.79 Å². The van der Waals surface area contributed by atoms with Crippen LogP contribution in [0.1, 0.15) is 12.5 Å². The molecular formula is C14H19N5O. The van der Waals surface area contributed by atoms with Crippen molar-refractivity contribution in [3.63, 3.8) is 0 Å². The first-order chi connectivity index (χ1) is 9.70. The molecule has 0 aromatic carbocycles. The summed E-state index contributed by atoms with van der Waals surface area (Å²) in [5.41, 5.74) is 1.77. The summed E-state index contributed by atoms with van der Waals surface area (Å²) in [6, 6.07) is 0. The summed E-state index contributed by atoms with van der Waals surface area (Å²) in [5.74, 6) is 0.718. The molecule has 0 saturated carbocycles. The highest BCUT2D eigenvalue weighted by molar-refractivity contribution is 5.80. The summed E-state index contributed by atoms with van der Waals surface area (Å²) in [7, 11) is 0. The fraction of sp³-hybridized carbons (Fsp3) is 0.500. The lowest BCUT2D eigenvalue weighted by molar-refractivity contribution is 0.580.